The molecule has 2 aromatic heterocycles. The number of alkyl carbamates (subject to hydrolysis) is 2. The third-order valence-corrected chi connectivity index (χ3v) is 17.7. The van der Waals surface area contributed by atoms with Crippen molar-refractivity contribution < 1.29 is 222 Å². The SMILES string of the molecule is CCN(CC)CC.CCN(CC)CC.CN(C)CCC=O.COC(=O)C(N)C(=O)CCN(C)C.COC(=O)C(NC(=O)OC(C)(C)C)C(O)CCN(C)C.COC(=O)CNC(=O)OC(C)(C)C.COC(=O)c1[nH]c(=O)oc1CCN(C)C.COC(=O)c1nc(OS(=O)(=O)C(F)(F)F)oc1CCN(C)C.COC(O)=C[N-]C(=O)OC(C)(C)C.O=C(Cl)Cl.O=S(=O)(OS(=O)(=O)C(F)(F)F)C(F)(F)F.[Cl][Zn][Cl].[Zn]. The average Bonchev–Trinajstić information content (AvgIpc) is 0.890. The van der Waals surface area contributed by atoms with Crippen molar-refractivity contribution in [1.29, 1.82) is 0 Å². The number of halogens is 13. The largest absolute Gasteiger partial charge is 0 e. The molecule has 0 bridgehead atoms. The van der Waals surface area contributed by atoms with Crippen LogP contribution in [0.1, 0.15) is 156 Å². The number of methoxy groups -OCH3 is 6. The van der Waals surface area contributed by atoms with Crippen LogP contribution < -0.4 is 26.3 Å². The predicted octanol–water partition coefficient (Wildman–Crippen LogP) is 9.50. The van der Waals surface area contributed by atoms with Crippen molar-refractivity contribution in [3.63, 3.8) is 0 Å². The number of nitrogens with zero attached hydrogens (tertiary/aromatic N) is 9. The number of carbonyl (C=O) groups is 11. The van der Waals surface area contributed by atoms with E-state index in [1.54, 1.807) is 81.3 Å². The van der Waals surface area contributed by atoms with Gasteiger partial charge in [0.2, 0.25) is 6.09 Å². The zero-order valence-corrected chi connectivity index (χ0v) is 96.0. The van der Waals surface area contributed by atoms with Crippen LogP contribution in [0.4, 0.5) is 58.7 Å². The Morgan fingerprint density at radius 2 is 0.921 bits per heavy atom. The standard InChI is InChI=1S/C13H26N2O5.C10H13F3N2O6S.C9H14N2O4.C8H16N2O3.2C8H15NO4.2C6H15N.C5H11NO.C2F6O5S2.CCl2O.2ClH.2Zn/c1-13(2,3)20-12(18)14-10(11(17)19-6)9(16)7-8-15(4)5;1-15(2)5-4-6-7(8(16)19-3)14-9(20-6)21-22(17,18)10(11,12)13;1-11(2)5-4-6-7(8(12)14-3)10-9(13)15-6;1-10(2)5-4-6(11)7(9)8(12)13-3;2*1-8(2,3)13-7(11)9-5-6(10)12-4;2*1-4-7(5-2)6-3;1-6(2)4-3-5-7;3-1(4,5)14(9,10)13-15(11,12)2(6,7)8;2-1(3)4;;;;/h9-10,16H,7-8H2,1-6H3,(H,14,18);4-5H2,1-3H3;4-5H2,1-3H3,(H,10,13);7H,4-5,9H2,1-3H3;5H2,1-4H3,(H,9,11);5H,1-4H3,(H2,9,10,11);2*4-6H2,1-3H3;5H,3-4H2,1-2H3;;;2*1H;;/q;;;;;;;;;;;;;;+2/p-3. The van der Waals surface area contributed by atoms with Gasteiger partial charge in [-0.1, -0.05) is 47.7 Å². The van der Waals surface area contributed by atoms with Crippen molar-refractivity contribution >= 4 is 138 Å². The molecule has 820 valence electrons. The Kier molecular flexibility index (Phi) is 91.0. The van der Waals surface area contributed by atoms with Crippen LogP contribution in [-0.2, 0) is 148 Å². The van der Waals surface area contributed by atoms with E-state index >= 15 is 0 Å². The van der Waals surface area contributed by atoms with Gasteiger partial charge in [-0.2, -0.15) is 69.8 Å². The Balaban J connectivity index is -0.000000148. The van der Waals surface area contributed by atoms with E-state index in [-0.39, 0.29) is 56.1 Å². The second-order valence-corrected chi connectivity index (χ2v) is 40.7. The quantitative estimate of drug-likeness (QED) is 0.00353. The van der Waals surface area contributed by atoms with E-state index in [1.807, 2.05) is 79.6 Å². The number of H-pyrrole nitrogens is 1. The predicted molar refractivity (Wildman–Crippen MR) is 491 cm³/mol. The third-order valence-electron chi connectivity index (χ3n) is 14.2. The van der Waals surface area contributed by atoms with Gasteiger partial charge in [-0.05, 0) is 202 Å². The van der Waals surface area contributed by atoms with Crippen molar-refractivity contribution in [1.82, 2.24) is 54.9 Å². The molecule has 0 fully saturated rings. The number of hydrogen-bond acceptors (Lipinski definition) is 42. The fourth-order valence-electron chi connectivity index (χ4n) is 7.39. The van der Waals surface area contributed by atoms with Crippen LogP contribution in [-0.4, -0.2) is 388 Å². The summed E-state index contributed by atoms with van der Waals surface area (Å²) in [4.78, 5) is 150. The van der Waals surface area contributed by atoms with Gasteiger partial charge in [-0.3, -0.25) is 24.2 Å². The Bertz CT molecular complexity index is 4170. The summed E-state index contributed by atoms with van der Waals surface area (Å²) in [7, 11) is 16.0. The minimum atomic E-state index is -6.85. The number of Topliss-reactive ketones (excluding diaryl/α,β-unsaturated/α-hetero) is 1. The van der Waals surface area contributed by atoms with Crippen molar-refractivity contribution in [2.24, 2.45) is 5.73 Å². The molecule has 0 aliphatic carbocycles. The first-order valence-electron chi connectivity index (χ1n) is 40.4. The van der Waals surface area contributed by atoms with Gasteiger partial charge in [-0.15, -0.1) is 3.63 Å². The van der Waals surface area contributed by atoms with Gasteiger partial charge in [0.1, 0.15) is 41.2 Å². The number of ether oxygens (including phenoxy) is 9. The average molecular weight is 2300 g/mol. The number of alkyl halides is 9. The van der Waals surface area contributed by atoms with Crippen LogP contribution in [0, 0.1) is 0 Å². The van der Waals surface area contributed by atoms with E-state index in [0.29, 0.717) is 51.2 Å². The Labute approximate surface area is 850 Å². The Hall–Kier alpha value is -7.24. The molecule has 7 N–H and O–H groups in total. The number of ketones is 1. The molecule has 0 aromatic carbocycles. The normalized spacial score (nSPS) is 11.9. The number of nitrogens with two attached hydrogens (primary N) is 1. The fourth-order valence-corrected chi connectivity index (χ4v) is 9.31. The molecule has 140 heavy (non-hydrogen) atoms. The zero-order valence-electron chi connectivity index (χ0n) is 84.6. The number of rotatable bonds is 36. The summed E-state index contributed by atoms with van der Waals surface area (Å²) >= 11 is 7.87. The summed E-state index contributed by atoms with van der Waals surface area (Å²) < 4.78 is 222. The number of aldehydes is 1. The number of aromatic amines is 1. The monoisotopic (exact) mass is 2300 g/mol. The van der Waals surface area contributed by atoms with Crippen molar-refractivity contribution in [3.8, 4) is 6.08 Å². The molecule has 0 aliphatic heterocycles. The van der Waals surface area contributed by atoms with Crippen LogP contribution in [0.3, 0.4) is 0 Å². The maximum Gasteiger partial charge on any atom is 0 e. The molecule has 3 atom stereocenters. The summed E-state index contributed by atoms with van der Waals surface area (Å²) in [6.07, 6.45) is -0.794. The second kappa shape index (κ2) is 82.0. The van der Waals surface area contributed by atoms with E-state index in [2.05, 4.69) is 133 Å². The molecule has 0 saturated heterocycles. The van der Waals surface area contributed by atoms with Gasteiger partial charge in [0, 0.05) is 77.9 Å². The van der Waals surface area contributed by atoms with E-state index in [4.69, 9.17) is 58.1 Å². The summed E-state index contributed by atoms with van der Waals surface area (Å²) in [5.74, 6) is -4.65. The number of aliphatic hydroxyl groups excluding tert-OH is 2. The molecule has 0 radical (unpaired) electrons. The molecular formula is C76H139Cl4F9N13O33S3Zn2-. The first-order chi connectivity index (χ1) is 63.1. The van der Waals surface area contributed by atoms with E-state index in [0.717, 1.165) is 26.1 Å². The molecule has 3 unspecified atom stereocenters. The van der Waals surface area contributed by atoms with Crippen molar-refractivity contribution in [2.75, 3.05) is 192 Å². The van der Waals surface area contributed by atoms with Gasteiger partial charge in [0.05, 0.1) is 48.8 Å². The van der Waals surface area contributed by atoms with E-state index in [1.165, 1.54) is 74.8 Å². The number of nitrogens with one attached hydrogen (secondary N) is 3. The number of oxazole rings is 2. The van der Waals surface area contributed by atoms with Crippen LogP contribution in [0.5, 0.6) is 6.08 Å². The van der Waals surface area contributed by atoms with Crippen molar-refractivity contribution in [2.45, 2.75) is 187 Å². The minimum Gasteiger partial charge on any atom is 0 e. The smallest absolute Gasteiger partial charge is 0 e. The third kappa shape index (κ3) is 90.7. The number of aromatic nitrogens is 2. The summed E-state index contributed by atoms with van der Waals surface area (Å²) in [6.45, 7) is 38.7. The van der Waals surface area contributed by atoms with Crippen LogP contribution in [0.2, 0.25) is 0 Å². The Morgan fingerprint density at radius 3 is 1.23 bits per heavy atom. The topological polar surface area (TPSA) is 591 Å². The van der Waals surface area contributed by atoms with Gasteiger partial charge in [-0.25, -0.2) is 33.6 Å². The number of carbonyl (C=O) groups excluding carboxylic acids is 11. The van der Waals surface area contributed by atoms with Gasteiger partial charge in [0.25, 0.3) is 5.95 Å². The molecule has 0 aliphatic rings. The summed E-state index contributed by atoms with van der Waals surface area (Å²) in [5.41, 5.74) is -15.0. The van der Waals surface area contributed by atoms with Gasteiger partial charge in [0.15, 0.2) is 29.3 Å². The molecule has 64 heteroatoms. The number of likely N-dealkylation sites (N-methyl/N-ethyl adjacent to an activating group) is 2. The molecule has 3 amide bonds. The fraction of sp³-hybridized carbons (Fsp3) is 0.750. The number of aliphatic hydroxyl groups is 2. The van der Waals surface area contributed by atoms with Crippen LogP contribution in [0.15, 0.2) is 25.8 Å². The molecule has 0 saturated carbocycles. The van der Waals surface area contributed by atoms with Crippen molar-refractivity contribution in [3.05, 3.63) is 50.9 Å². The molecule has 46 nitrogen and oxygen atoms in total. The van der Waals surface area contributed by atoms with E-state index < -0.39 is 173 Å². The summed E-state index contributed by atoms with van der Waals surface area (Å²) in [6, 6.07) is -2.28. The molecule has 2 heterocycles. The molecule has 0 spiro atoms. The number of amides is 3. The summed E-state index contributed by atoms with van der Waals surface area (Å²) in [5, 5.41) is 26.6. The Morgan fingerprint density at radius 1 is 0.550 bits per heavy atom. The molecule has 2 rings (SSSR count). The number of esters is 5. The second-order valence-electron chi connectivity index (χ2n) is 30.4. The number of hydrogen-bond donors (Lipinski definition) is 6. The zero-order chi connectivity index (χ0) is 112. The van der Waals surface area contributed by atoms with Gasteiger partial charge >= 0.3 is 140 Å². The molecular weight excluding hydrogens is 2160 g/mol. The van der Waals surface area contributed by atoms with Crippen LogP contribution in [0.25, 0.3) is 5.32 Å². The van der Waals surface area contributed by atoms with E-state index in [9.17, 15) is 123 Å². The first kappa shape index (κ1) is 155. The van der Waals surface area contributed by atoms with Crippen LogP contribution >= 0.6 is 42.6 Å². The maximum atomic E-state index is 12.2. The first-order valence-corrected chi connectivity index (χ1v) is 53.2. The minimum absolute atomic E-state index is 0. The maximum absolute atomic E-state index is 12.2. The van der Waals surface area contributed by atoms with Gasteiger partial charge < -0.3 is 127 Å². The molecule has 2 aromatic rings.